The lowest BCUT2D eigenvalue weighted by atomic mass is 10.6. The minimum Gasteiger partial charge on any atom is -0.187 e. The van der Waals surface area contributed by atoms with Crippen LogP contribution in [-0.2, 0) is 0 Å². The average Bonchev–Trinajstić information content (AvgIpc) is 2.14. The van der Waals surface area contributed by atoms with Crippen molar-refractivity contribution in [3.8, 4) is 0 Å². The number of rotatable bonds is 1. The van der Waals surface area contributed by atoms with Crippen molar-refractivity contribution in [1.82, 2.24) is 0 Å². The Labute approximate surface area is 50.9 Å². The van der Waals surface area contributed by atoms with Gasteiger partial charge in [-0.05, 0) is 18.2 Å². The summed E-state index contributed by atoms with van der Waals surface area (Å²) < 4.78 is 0. The fourth-order valence-corrected chi connectivity index (χ4v) is 5.72. The van der Waals surface area contributed by atoms with Gasteiger partial charge >= 0.3 is 0 Å². The zero-order valence-electron chi connectivity index (χ0n) is 4.74. The first-order valence-corrected chi connectivity index (χ1v) is 6.53. The lowest BCUT2D eigenvalue weighted by Gasteiger charge is -1.95. The average molecular weight is 131 g/mol. The van der Waals surface area contributed by atoms with Gasteiger partial charge in [0.05, 0.1) is 0 Å². The molecular weight excluding hydrogens is 120 g/mol. The van der Waals surface area contributed by atoms with E-state index in [1.165, 1.54) is 18.2 Å². The second-order valence-electron chi connectivity index (χ2n) is 1.84. The SMILES string of the molecule is CC[Si]1CCCS1. The van der Waals surface area contributed by atoms with Gasteiger partial charge in [-0.25, -0.2) is 0 Å². The second kappa shape index (κ2) is 2.77. The third-order valence-electron chi connectivity index (χ3n) is 1.30. The molecule has 7 heavy (non-hydrogen) atoms. The van der Waals surface area contributed by atoms with E-state index in [-0.39, 0.29) is 7.95 Å². The smallest absolute Gasteiger partial charge is 0.121 e. The summed E-state index contributed by atoms with van der Waals surface area (Å²) in [5, 5.41) is 0. The van der Waals surface area contributed by atoms with Gasteiger partial charge < -0.3 is 0 Å². The molecule has 0 bridgehead atoms. The predicted molar refractivity (Wildman–Crippen MR) is 38.1 cm³/mol. The molecule has 0 spiro atoms. The Morgan fingerprint density at radius 2 is 2.57 bits per heavy atom. The topological polar surface area (TPSA) is 0 Å². The summed E-state index contributed by atoms with van der Waals surface area (Å²) >= 11 is 2.24. The Morgan fingerprint density at radius 1 is 1.71 bits per heavy atom. The summed E-state index contributed by atoms with van der Waals surface area (Å²) in [5.74, 6) is 1.46. The van der Waals surface area contributed by atoms with Crippen LogP contribution in [0, 0.1) is 0 Å². The van der Waals surface area contributed by atoms with Crippen molar-refractivity contribution < 1.29 is 0 Å². The molecule has 1 heterocycles. The quantitative estimate of drug-likeness (QED) is 0.491. The Bertz CT molecular complexity index is 50.0. The van der Waals surface area contributed by atoms with Crippen molar-refractivity contribution in [2.45, 2.75) is 25.4 Å². The molecular formula is C5H11SSi. The minimum absolute atomic E-state index is 0.165. The molecule has 0 N–H and O–H groups in total. The van der Waals surface area contributed by atoms with E-state index in [0.717, 1.165) is 0 Å². The molecule has 1 rings (SSSR count). The van der Waals surface area contributed by atoms with Crippen molar-refractivity contribution in [2.75, 3.05) is 5.75 Å². The molecule has 1 fully saturated rings. The Kier molecular flexibility index (Phi) is 2.26. The first-order chi connectivity index (χ1) is 3.43. The predicted octanol–water partition coefficient (Wildman–Crippen LogP) is 2.13. The van der Waals surface area contributed by atoms with Gasteiger partial charge in [-0.3, -0.25) is 0 Å². The summed E-state index contributed by atoms with van der Waals surface area (Å²) in [6.07, 6.45) is 1.51. The zero-order valence-corrected chi connectivity index (χ0v) is 6.55. The van der Waals surface area contributed by atoms with Crippen LogP contribution in [0.4, 0.5) is 0 Å². The van der Waals surface area contributed by atoms with Gasteiger partial charge in [0.2, 0.25) is 0 Å². The Balaban J connectivity index is 2.14. The van der Waals surface area contributed by atoms with E-state index in [1.54, 1.807) is 6.04 Å². The molecule has 0 amide bonds. The maximum absolute atomic E-state index is 2.33. The van der Waals surface area contributed by atoms with Gasteiger partial charge in [0.25, 0.3) is 0 Å². The summed E-state index contributed by atoms with van der Waals surface area (Å²) in [4.78, 5) is 0. The maximum Gasteiger partial charge on any atom is 0.121 e. The van der Waals surface area contributed by atoms with Crippen molar-refractivity contribution >= 4 is 19.2 Å². The van der Waals surface area contributed by atoms with E-state index in [1.807, 2.05) is 0 Å². The molecule has 1 aliphatic heterocycles. The molecule has 0 aliphatic carbocycles. The number of hydrogen-bond acceptors (Lipinski definition) is 1. The fourth-order valence-electron chi connectivity index (χ4n) is 0.837. The van der Waals surface area contributed by atoms with Crippen LogP contribution in [0.15, 0.2) is 0 Å². The zero-order chi connectivity index (χ0) is 5.11. The molecule has 0 aromatic rings. The first kappa shape index (κ1) is 5.70. The molecule has 1 aliphatic rings. The van der Waals surface area contributed by atoms with Crippen LogP contribution in [0.25, 0.3) is 0 Å². The van der Waals surface area contributed by atoms with Gasteiger partial charge in [-0.2, -0.15) is 11.2 Å². The highest BCUT2D eigenvalue weighted by Crippen LogP contribution is 2.25. The lowest BCUT2D eigenvalue weighted by Crippen LogP contribution is -1.96. The molecule has 0 atom stereocenters. The van der Waals surface area contributed by atoms with Gasteiger partial charge in [-0.1, -0.05) is 13.0 Å². The van der Waals surface area contributed by atoms with Gasteiger partial charge in [0.15, 0.2) is 0 Å². The second-order valence-corrected chi connectivity index (χ2v) is 7.42. The van der Waals surface area contributed by atoms with Crippen LogP contribution < -0.4 is 0 Å². The molecule has 0 aromatic carbocycles. The third kappa shape index (κ3) is 1.50. The molecule has 1 radical (unpaired) electrons. The standard InChI is InChI=1S/C5H11SSi/c1-2-7-5-3-4-6-7/h2-5H2,1H3. The van der Waals surface area contributed by atoms with E-state index in [0.29, 0.717) is 0 Å². The number of hydrogen-bond donors (Lipinski definition) is 0. The van der Waals surface area contributed by atoms with E-state index < -0.39 is 0 Å². The van der Waals surface area contributed by atoms with Crippen LogP contribution in [0.1, 0.15) is 13.3 Å². The fraction of sp³-hybridized carbons (Fsp3) is 1.00. The van der Waals surface area contributed by atoms with Crippen LogP contribution >= 0.6 is 11.2 Å². The summed E-state index contributed by atoms with van der Waals surface area (Å²) in [7, 11) is 0.165. The molecule has 2 heteroatoms. The van der Waals surface area contributed by atoms with E-state index >= 15 is 0 Å². The van der Waals surface area contributed by atoms with Gasteiger partial charge in [-0.15, -0.1) is 0 Å². The van der Waals surface area contributed by atoms with Crippen LogP contribution in [-0.4, -0.2) is 13.7 Å². The van der Waals surface area contributed by atoms with Gasteiger partial charge in [0.1, 0.15) is 7.95 Å². The van der Waals surface area contributed by atoms with Crippen molar-refractivity contribution in [1.29, 1.82) is 0 Å². The highest BCUT2D eigenvalue weighted by atomic mass is 32.4. The molecule has 0 nitrogen and oxygen atoms in total. The van der Waals surface area contributed by atoms with E-state index in [9.17, 15) is 0 Å². The lowest BCUT2D eigenvalue weighted by molar-refractivity contribution is 1.10. The minimum atomic E-state index is 0.165. The van der Waals surface area contributed by atoms with Crippen LogP contribution in [0.5, 0.6) is 0 Å². The Morgan fingerprint density at radius 3 is 2.86 bits per heavy atom. The summed E-state index contributed by atoms with van der Waals surface area (Å²) in [6.45, 7) is 2.33. The van der Waals surface area contributed by atoms with Crippen molar-refractivity contribution in [3.63, 3.8) is 0 Å². The van der Waals surface area contributed by atoms with Crippen molar-refractivity contribution in [2.24, 2.45) is 0 Å². The molecule has 0 unspecified atom stereocenters. The highest BCUT2D eigenvalue weighted by Gasteiger charge is 2.14. The first-order valence-electron chi connectivity index (χ1n) is 2.91. The highest BCUT2D eigenvalue weighted by molar-refractivity contribution is 8.25. The van der Waals surface area contributed by atoms with E-state index in [2.05, 4.69) is 18.1 Å². The van der Waals surface area contributed by atoms with Crippen LogP contribution in [0.3, 0.4) is 0 Å². The van der Waals surface area contributed by atoms with Crippen LogP contribution in [0.2, 0.25) is 12.1 Å². The molecule has 41 valence electrons. The van der Waals surface area contributed by atoms with Gasteiger partial charge in [0, 0.05) is 0 Å². The third-order valence-corrected chi connectivity index (χ3v) is 7.22. The normalized spacial score (nSPS) is 23.6. The summed E-state index contributed by atoms with van der Waals surface area (Å²) in [5.41, 5.74) is 0. The molecule has 1 saturated heterocycles. The molecule has 0 saturated carbocycles. The summed E-state index contributed by atoms with van der Waals surface area (Å²) in [6, 6.07) is 3.06. The largest absolute Gasteiger partial charge is 0.187 e. The Hall–Kier alpha value is 0.567. The van der Waals surface area contributed by atoms with Crippen molar-refractivity contribution in [3.05, 3.63) is 0 Å². The van der Waals surface area contributed by atoms with E-state index in [4.69, 9.17) is 0 Å². The monoisotopic (exact) mass is 131 g/mol. The maximum atomic E-state index is 2.33. The molecule has 0 aromatic heterocycles.